The molecule has 0 N–H and O–H groups in total. The number of para-hydroxylation sites is 1. The minimum Gasteiger partial charge on any atom is -0.490 e. The minimum atomic E-state index is -4.61. The van der Waals surface area contributed by atoms with Crippen molar-refractivity contribution in [1.82, 2.24) is 9.97 Å². The van der Waals surface area contributed by atoms with Crippen LogP contribution in [0.1, 0.15) is 36.7 Å². The smallest absolute Gasteiger partial charge is 0.451 e. The molecule has 5 rings (SSSR count). The number of ether oxygens (including phenoxy) is 2. The van der Waals surface area contributed by atoms with Gasteiger partial charge in [-0.3, -0.25) is 0 Å². The molecule has 1 atom stereocenters. The van der Waals surface area contributed by atoms with Gasteiger partial charge in [-0.25, -0.2) is 9.97 Å². The molecule has 30 heavy (non-hydrogen) atoms. The summed E-state index contributed by atoms with van der Waals surface area (Å²) in [5.74, 6) is 0.594. The molecule has 156 valence electrons. The number of aromatic nitrogens is 2. The highest BCUT2D eigenvalue weighted by Crippen LogP contribution is 2.42. The van der Waals surface area contributed by atoms with E-state index >= 15 is 0 Å². The summed E-state index contributed by atoms with van der Waals surface area (Å²) in [6.07, 6.45) is -2.12. The van der Waals surface area contributed by atoms with E-state index in [0.29, 0.717) is 48.0 Å². The van der Waals surface area contributed by atoms with E-state index < -0.39 is 12.0 Å². The predicted molar refractivity (Wildman–Crippen MR) is 106 cm³/mol. The van der Waals surface area contributed by atoms with Gasteiger partial charge in [0.1, 0.15) is 5.82 Å². The van der Waals surface area contributed by atoms with Gasteiger partial charge in [-0.2, -0.15) is 13.2 Å². The van der Waals surface area contributed by atoms with Crippen molar-refractivity contribution in [2.45, 2.75) is 31.5 Å². The van der Waals surface area contributed by atoms with Gasteiger partial charge in [-0.15, -0.1) is 0 Å². The third-order valence-electron chi connectivity index (χ3n) is 5.52. The quantitative estimate of drug-likeness (QED) is 0.579. The first-order chi connectivity index (χ1) is 14.5. The van der Waals surface area contributed by atoms with E-state index in [9.17, 15) is 13.2 Å². The molecule has 0 bridgehead atoms. The van der Waals surface area contributed by atoms with Crippen molar-refractivity contribution in [2.75, 3.05) is 24.7 Å². The lowest BCUT2D eigenvalue weighted by molar-refractivity contribution is -0.144. The fourth-order valence-electron chi connectivity index (χ4n) is 4.16. The molecule has 3 heterocycles. The molecule has 2 aromatic carbocycles. The maximum atomic E-state index is 13.5. The van der Waals surface area contributed by atoms with E-state index in [1.165, 1.54) is 0 Å². The SMILES string of the molecule is FC(F)(F)c1nc(N2CCC[C@H]2c2ccc3c(c2)OCCCO3)c2ccccc2n1. The van der Waals surface area contributed by atoms with Gasteiger partial charge in [-0.05, 0) is 42.7 Å². The molecule has 0 spiro atoms. The molecule has 5 nitrogen and oxygen atoms in total. The normalized spacial score (nSPS) is 19.2. The highest BCUT2D eigenvalue weighted by atomic mass is 19.4. The zero-order valence-electron chi connectivity index (χ0n) is 16.2. The molecule has 3 aromatic rings. The molecular formula is C22H20F3N3O2. The van der Waals surface area contributed by atoms with Gasteiger partial charge in [0.25, 0.3) is 0 Å². The van der Waals surface area contributed by atoms with Crippen molar-refractivity contribution in [2.24, 2.45) is 0 Å². The summed E-state index contributed by atoms with van der Waals surface area (Å²) in [7, 11) is 0. The largest absolute Gasteiger partial charge is 0.490 e. The number of halogens is 3. The molecular weight excluding hydrogens is 395 g/mol. The minimum absolute atomic E-state index is 0.0958. The van der Waals surface area contributed by atoms with Crippen LogP contribution in [0, 0.1) is 0 Å². The number of alkyl halides is 3. The average molecular weight is 415 g/mol. The van der Waals surface area contributed by atoms with Gasteiger partial charge in [0.15, 0.2) is 11.5 Å². The van der Waals surface area contributed by atoms with E-state index in [-0.39, 0.29) is 6.04 Å². The van der Waals surface area contributed by atoms with Crippen molar-refractivity contribution >= 4 is 16.7 Å². The highest BCUT2D eigenvalue weighted by molar-refractivity contribution is 5.90. The zero-order chi connectivity index (χ0) is 20.7. The van der Waals surface area contributed by atoms with Gasteiger partial charge in [0, 0.05) is 18.4 Å². The molecule has 2 aliphatic rings. The summed E-state index contributed by atoms with van der Waals surface area (Å²) < 4.78 is 51.9. The molecule has 0 aliphatic carbocycles. The summed E-state index contributed by atoms with van der Waals surface area (Å²) >= 11 is 0. The second kappa shape index (κ2) is 7.34. The van der Waals surface area contributed by atoms with Crippen LogP contribution < -0.4 is 14.4 Å². The summed E-state index contributed by atoms with van der Waals surface area (Å²) in [5, 5.41) is 0.617. The van der Waals surface area contributed by atoms with Gasteiger partial charge in [-0.1, -0.05) is 18.2 Å². The van der Waals surface area contributed by atoms with E-state index in [4.69, 9.17) is 9.47 Å². The van der Waals surface area contributed by atoms with Crippen LogP contribution in [0.3, 0.4) is 0 Å². The zero-order valence-corrected chi connectivity index (χ0v) is 16.2. The molecule has 1 aromatic heterocycles. The third kappa shape index (κ3) is 3.40. The van der Waals surface area contributed by atoms with Gasteiger partial charge in [0.05, 0.1) is 24.8 Å². The number of hydrogen-bond donors (Lipinski definition) is 0. The number of benzene rings is 2. The summed E-state index contributed by atoms with van der Waals surface area (Å²) in [6, 6.07) is 12.5. The van der Waals surface area contributed by atoms with Gasteiger partial charge in [0.2, 0.25) is 5.82 Å². The maximum Gasteiger partial charge on any atom is 0.451 e. The number of rotatable bonds is 2. The Hall–Kier alpha value is -3.03. The third-order valence-corrected chi connectivity index (χ3v) is 5.52. The molecule has 0 saturated carbocycles. The first kappa shape index (κ1) is 19.0. The van der Waals surface area contributed by atoms with E-state index in [1.807, 2.05) is 23.1 Å². The van der Waals surface area contributed by atoms with E-state index in [2.05, 4.69) is 9.97 Å². The summed E-state index contributed by atoms with van der Waals surface area (Å²) in [6.45, 7) is 1.81. The average Bonchev–Trinajstić information content (AvgIpc) is 3.10. The van der Waals surface area contributed by atoms with Crippen LogP contribution >= 0.6 is 0 Å². The van der Waals surface area contributed by atoms with Crippen LogP contribution in [0.4, 0.5) is 19.0 Å². The van der Waals surface area contributed by atoms with E-state index in [1.54, 1.807) is 24.3 Å². The summed E-state index contributed by atoms with van der Waals surface area (Å²) in [4.78, 5) is 9.67. The van der Waals surface area contributed by atoms with Crippen molar-refractivity contribution in [3.63, 3.8) is 0 Å². The number of nitrogens with zero attached hydrogens (tertiary/aromatic N) is 3. The van der Waals surface area contributed by atoms with Crippen LogP contribution in [0.2, 0.25) is 0 Å². The van der Waals surface area contributed by atoms with Crippen molar-refractivity contribution in [1.29, 1.82) is 0 Å². The monoisotopic (exact) mass is 415 g/mol. The molecule has 1 saturated heterocycles. The standard InChI is InChI=1S/C22H20F3N3O2/c23-22(24,25)21-26-16-6-2-1-5-15(16)20(27-21)28-10-3-7-17(28)14-8-9-18-19(13-14)30-12-4-11-29-18/h1-2,5-6,8-9,13,17H,3-4,7,10-12H2/t17-/m0/s1. The molecule has 8 heteroatoms. The Morgan fingerprint density at radius 2 is 1.73 bits per heavy atom. The van der Waals surface area contributed by atoms with Crippen LogP contribution in [0.15, 0.2) is 42.5 Å². The topological polar surface area (TPSA) is 47.5 Å². The molecule has 0 amide bonds. The fourth-order valence-corrected chi connectivity index (χ4v) is 4.16. The lowest BCUT2D eigenvalue weighted by atomic mass is 10.0. The van der Waals surface area contributed by atoms with Crippen LogP contribution in [0.25, 0.3) is 10.9 Å². The van der Waals surface area contributed by atoms with Crippen molar-refractivity contribution < 1.29 is 22.6 Å². The molecule has 0 unspecified atom stereocenters. The molecule has 2 aliphatic heterocycles. The Labute approximate surface area is 171 Å². The van der Waals surface area contributed by atoms with Crippen molar-refractivity contribution in [3.8, 4) is 11.5 Å². The second-order valence-electron chi connectivity index (χ2n) is 7.49. The maximum absolute atomic E-state index is 13.5. The van der Waals surface area contributed by atoms with Gasteiger partial charge < -0.3 is 14.4 Å². The Morgan fingerprint density at radius 1 is 0.933 bits per heavy atom. The molecule has 0 radical (unpaired) electrons. The fraction of sp³-hybridized carbons (Fsp3) is 0.364. The first-order valence-corrected chi connectivity index (χ1v) is 10.0. The van der Waals surface area contributed by atoms with Crippen LogP contribution in [0.5, 0.6) is 11.5 Å². The lowest BCUT2D eigenvalue weighted by Gasteiger charge is -2.28. The van der Waals surface area contributed by atoms with Crippen molar-refractivity contribution in [3.05, 3.63) is 53.9 Å². The Kier molecular flexibility index (Phi) is 4.64. The molecule has 1 fully saturated rings. The highest BCUT2D eigenvalue weighted by Gasteiger charge is 2.37. The Balaban J connectivity index is 1.59. The van der Waals surface area contributed by atoms with E-state index in [0.717, 1.165) is 24.8 Å². The predicted octanol–water partition coefficient (Wildman–Crippen LogP) is 5.15. The van der Waals surface area contributed by atoms with Gasteiger partial charge >= 0.3 is 6.18 Å². The number of hydrogen-bond acceptors (Lipinski definition) is 5. The summed E-state index contributed by atoms with van der Waals surface area (Å²) in [5.41, 5.74) is 1.27. The number of fused-ring (bicyclic) bond motifs is 2. The Bertz CT molecular complexity index is 1090. The second-order valence-corrected chi connectivity index (χ2v) is 7.49. The lowest BCUT2D eigenvalue weighted by Crippen LogP contribution is -2.25. The van der Waals surface area contributed by atoms with Crippen LogP contribution in [-0.2, 0) is 6.18 Å². The van der Waals surface area contributed by atoms with Crippen LogP contribution in [-0.4, -0.2) is 29.7 Å². The Morgan fingerprint density at radius 3 is 2.57 bits per heavy atom. The first-order valence-electron chi connectivity index (χ1n) is 10.0. The number of anilines is 1.